The number of aromatic nitrogens is 2. The maximum absolute atomic E-state index is 14.5. The molecule has 0 saturated carbocycles. The number of methoxy groups -OCH3 is 1. The fraction of sp³-hybridized carbons (Fsp3) is 0.545. The molecule has 0 radical (unpaired) electrons. The summed E-state index contributed by atoms with van der Waals surface area (Å²) in [7, 11) is 1.28. The predicted molar refractivity (Wildman–Crippen MR) is 114 cm³/mol. The van der Waals surface area contributed by atoms with Gasteiger partial charge in [0.25, 0.3) is 0 Å². The van der Waals surface area contributed by atoms with Crippen molar-refractivity contribution < 1.29 is 23.0 Å². The number of carbonyl (C=O) groups excluding carboxylic acids is 1. The number of hydrogen-bond donors (Lipinski definition) is 0. The Kier molecular flexibility index (Phi) is 6.79. The maximum atomic E-state index is 14.5. The van der Waals surface area contributed by atoms with E-state index in [1.54, 1.807) is 25.7 Å². The number of nitrogens with zero attached hydrogens (tertiary/aromatic N) is 3. The molecule has 6 nitrogen and oxygen atoms in total. The van der Waals surface area contributed by atoms with Gasteiger partial charge in [-0.3, -0.25) is 4.90 Å². The maximum Gasteiger partial charge on any atom is 0.410 e. The second-order valence-corrected chi connectivity index (χ2v) is 8.87. The van der Waals surface area contributed by atoms with Gasteiger partial charge in [-0.2, -0.15) is 0 Å². The fourth-order valence-corrected chi connectivity index (χ4v) is 4.20. The van der Waals surface area contributed by atoms with Crippen LogP contribution in [0.3, 0.4) is 0 Å². The monoisotopic (exact) mass is 455 g/mol. The van der Waals surface area contributed by atoms with Gasteiger partial charge in [0.15, 0.2) is 16.7 Å². The van der Waals surface area contributed by atoms with Crippen molar-refractivity contribution in [3.63, 3.8) is 0 Å². The van der Waals surface area contributed by atoms with Crippen LogP contribution in [0, 0.1) is 11.6 Å². The Morgan fingerprint density at radius 1 is 1.26 bits per heavy atom. The summed E-state index contributed by atoms with van der Waals surface area (Å²) in [6.45, 7) is 8.32. The molecule has 2 heterocycles. The number of aryl methyl sites for hydroxylation is 2. The number of halogens is 3. The molecule has 2 aromatic rings. The Morgan fingerprint density at radius 2 is 1.97 bits per heavy atom. The molecule has 1 aromatic heterocycles. The average Bonchev–Trinajstić information content (AvgIpc) is 3.02. The van der Waals surface area contributed by atoms with Crippen molar-refractivity contribution in [2.45, 2.75) is 65.1 Å². The van der Waals surface area contributed by atoms with E-state index >= 15 is 0 Å². The van der Waals surface area contributed by atoms with Gasteiger partial charge in [-0.15, -0.1) is 0 Å². The molecule has 0 fully saturated rings. The Bertz CT molecular complexity index is 972. The first-order valence-electron chi connectivity index (χ1n) is 10.3. The van der Waals surface area contributed by atoms with Crippen LogP contribution in [-0.4, -0.2) is 39.8 Å². The molecular formula is C22H28ClF2N3O3. The zero-order valence-corrected chi connectivity index (χ0v) is 19.2. The highest BCUT2D eigenvalue weighted by atomic mass is 35.5. The summed E-state index contributed by atoms with van der Waals surface area (Å²) in [6, 6.07) is 1.68. The molecule has 31 heavy (non-hydrogen) atoms. The third-order valence-electron chi connectivity index (χ3n) is 5.25. The third kappa shape index (κ3) is 4.95. The average molecular weight is 456 g/mol. The van der Waals surface area contributed by atoms with E-state index in [1.165, 1.54) is 7.11 Å². The lowest BCUT2D eigenvalue weighted by Gasteiger charge is -2.38. The standard InChI is InChI=1S/C22H28ClF2N3O3/c1-6-18-26-20(23)19-16(8-7-13-11-15(25)17(30-5)12-14(13)24)27(9-10-28(18)19)21(29)31-22(2,3)4/h11-12,16H,6-10H2,1-5H3. The van der Waals surface area contributed by atoms with E-state index in [4.69, 9.17) is 21.1 Å². The van der Waals surface area contributed by atoms with Crippen LogP contribution in [0.1, 0.15) is 57.2 Å². The van der Waals surface area contributed by atoms with Crippen molar-refractivity contribution >= 4 is 17.7 Å². The van der Waals surface area contributed by atoms with Gasteiger partial charge in [0.05, 0.1) is 18.8 Å². The second-order valence-electron chi connectivity index (χ2n) is 8.52. The minimum absolute atomic E-state index is 0.150. The molecule has 0 saturated heterocycles. The summed E-state index contributed by atoms with van der Waals surface area (Å²) in [5.41, 5.74) is 0.235. The molecule has 1 atom stereocenters. The normalized spacial score (nSPS) is 16.3. The van der Waals surface area contributed by atoms with E-state index in [-0.39, 0.29) is 17.7 Å². The van der Waals surface area contributed by atoms with E-state index in [9.17, 15) is 13.6 Å². The van der Waals surface area contributed by atoms with Gasteiger partial charge < -0.3 is 14.0 Å². The number of benzene rings is 1. The summed E-state index contributed by atoms with van der Waals surface area (Å²) in [4.78, 5) is 19.0. The second kappa shape index (κ2) is 9.02. The van der Waals surface area contributed by atoms with Gasteiger partial charge in [-0.25, -0.2) is 18.6 Å². The predicted octanol–water partition coefficient (Wildman–Crippen LogP) is 5.31. The van der Waals surface area contributed by atoms with Crippen LogP contribution in [0.5, 0.6) is 5.75 Å². The molecule has 0 bridgehead atoms. The van der Waals surface area contributed by atoms with Crippen LogP contribution in [0.15, 0.2) is 12.1 Å². The molecular weight excluding hydrogens is 428 g/mol. The summed E-state index contributed by atoms with van der Waals surface area (Å²) < 4.78 is 41.0. The smallest absolute Gasteiger partial charge is 0.410 e. The first-order chi connectivity index (χ1) is 14.6. The molecule has 0 N–H and O–H groups in total. The lowest BCUT2D eigenvalue weighted by atomic mass is 9.99. The van der Waals surface area contributed by atoms with Crippen LogP contribution in [0.25, 0.3) is 0 Å². The van der Waals surface area contributed by atoms with Crippen LogP contribution < -0.4 is 4.74 Å². The van der Waals surface area contributed by atoms with Crippen molar-refractivity contribution in [3.05, 3.63) is 46.0 Å². The molecule has 1 aliphatic heterocycles. The number of ether oxygens (including phenoxy) is 2. The molecule has 0 spiro atoms. The number of amides is 1. The van der Waals surface area contributed by atoms with Crippen LogP contribution in [0.4, 0.5) is 13.6 Å². The Morgan fingerprint density at radius 3 is 2.58 bits per heavy atom. The minimum atomic E-state index is -0.664. The zero-order valence-electron chi connectivity index (χ0n) is 18.5. The molecule has 3 rings (SSSR count). The molecule has 0 aliphatic carbocycles. The van der Waals surface area contributed by atoms with Crippen LogP contribution >= 0.6 is 11.6 Å². The molecule has 170 valence electrons. The lowest BCUT2D eigenvalue weighted by Crippen LogP contribution is -2.45. The van der Waals surface area contributed by atoms with Gasteiger partial charge in [-0.1, -0.05) is 18.5 Å². The minimum Gasteiger partial charge on any atom is -0.494 e. The Hall–Kier alpha value is -2.35. The van der Waals surface area contributed by atoms with Crippen molar-refractivity contribution in [2.24, 2.45) is 0 Å². The fourth-order valence-electron chi connectivity index (χ4n) is 3.87. The Balaban J connectivity index is 1.93. The topological polar surface area (TPSA) is 56.6 Å². The van der Waals surface area contributed by atoms with Crippen molar-refractivity contribution in [1.82, 2.24) is 14.5 Å². The van der Waals surface area contributed by atoms with Gasteiger partial charge in [0, 0.05) is 25.6 Å². The van der Waals surface area contributed by atoms with E-state index in [0.29, 0.717) is 36.8 Å². The van der Waals surface area contributed by atoms with Crippen molar-refractivity contribution in [2.75, 3.05) is 13.7 Å². The molecule has 1 aromatic carbocycles. The number of rotatable bonds is 5. The number of imidazole rings is 1. The number of carbonyl (C=O) groups is 1. The number of hydrogen-bond acceptors (Lipinski definition) is 4. The molecule has 9 heteroatoms. The summed E-state index contributed by atoms with van der Waals surface area (Å²) in [5.74, 6) is -0.520. The first kappa shape index (κ1) is 23.3. The molecule has 1 aliphatic rings. The summed E-state index contributed by atoms with van der Waals surface area (Å²) >= 11 is 6.46. The van der Waals surface area contributed by atoms with E-state index in [2.05, 4.69) is 4.98 Å². The molecule has 1 amide bonds. The largest absolute Gasteiger partial charge is 0.494 e. The van der Waals surface area contributed by atoms with Gasteiger partial charge in [-0.05, 0) is 45.2 Å². The van der Waals surface area contributed by atoms with Crippen LogP contribution in [0.2, 0.25) is 5.15 Å². The van der Waals surface area contributed by atoms with Gasteiger partial charge >= 0.3 is 6.09 Å². The SMILES string of the molecule is CCc1nc(Cl)c2n1CCN(C(=O)OC(C)(C)C)C2CCc1cc(F)c(OC)cc1F. The number of fused-ring (bicyclic) bond motifs is 1. The summed E-state index contributed by atoms with van der Waals surface area (Å²) in [6.07, 6.45) is 0.744. The lowest BCUT2D eigenvalue weighted by molar-refractivity contribution is 0.00947. The third-order valence-corrected chi connectivity index (χ3v) is 5.53. The highest BCUT2D eigenvalue weighted by Gasteiger charge is 2.37. The van der Waals surface area contributed by atoms with E-state index < -0.39 is 29.4 Å². The Labute approximate surface area is 186 Å². The van der Waals surface area contributed by atoms with Crippen molar-refractivity contribution in [3.8, 4) is 5.75 Å². The first-order valence-corrected chi connectivity index (χ1v) is 10.7. The zero-order chi connectivity index (χ0) is 22.9. The van der Waals surface area contributed by atoms with E-state index in [0.717, 1.165) is 18.0 Å². The highest BCUT2D eigenvalue weighted by molar-refractivity contribution is 6.30. The quantitative estimate of drug-likeness (QED) is 0.613. The van der Waals surface area contributed by atoms with Gasteiger partial charge in [0.1, 0.15) is 17.2 Å². The van der Waals surface area contributed by atoms with Gasteiger partial charge in [0.2, 0.25) is 0 Å². The van der Waals surface area contributed by atoms with Crippen molar-refractivity contribution in [1.29, 1.82) is 0 Å². The highest BCUT2D eigenvalue weighted by Crippen LogP contribution is 2.37. The molecule has 1 unspecified atom stereocenters. The van der Waals surface area contributed by atoms with E-state index in [1.807, 2.05) is 11.5 Å². The van der Waals surface area contributed by atoms with Crippen LogP contribution in [-0.2, 0) is 24.1 Å². The summed E-state index contributed by atoms with van der Waals surface area (Å²) in [5, 5.41) is 0.316.